The van der Waals surface area contributed by atoms with Crippen molar-refractivity contribution in [1.82, 2.24) is 19.8 Å². The van der Waals surface area contributed by atoms with E-state index in [-0.39, 0.29) is 47.9 Å². The first kappa shape index (κ1) is 24.3. The molecule has 1 aromatic heterocycles. The van der Waals surface area contributed by atoms with Crippen LogP contribution in [0.4, 0.5) is 13.2 Å². The number of imidazole rings is 1. The summed E-state index contributed by atoms with van der Waals surface area (Å²) in [5.41, 5.74) is -0.556. The number of likely N-dealkylation sites (tertiary alicyclic amines) is 1. The van der Waals surface area contributed by atoms with Crippen molar-refractivity contribution >= 4 is 29.9 Å². The van der Waals surface area contributed by atoms with Gasteiger partial charge in [0.15, 0.2) is 5.96 Å². The molecule has 10 heteroatoms. The zero-order valence-electron chi connectivity index (χ0n) is 17.2. The lowest BCUT2D eigenvalue weighted by molar-refractivity contribution is -0.138. The number of nitrogens with zero attached hydrogens (tertiary/aromatic N) is 4. The molecule has 1 fully saturated rings. The number of guanidine groups is 1. The molecule has 0 saturated carbocycles. The standard InChI is InChI=1S/C20H26F3N5O.HI/c1-14-6-8-27(12-18(14)28-9-7-25-13-28)19(24-2)26-11-15-4-5-16(29-3)10-17(15)20(21,22)23;/h4-5,7,9-10,13-14,18H,6,8,11-12H2,1-3H3,(H,24,26);1H. The lowest BCUT2D eigenvalue weighted by Gasteiger charge is -2.39. The zero-order chi connectivity index (χ0) is 21.0. The van der Waals surface area contributed by atoms with Crippen molar-refractivity contribution in [3.8, 4) is 5.75 Å². The van der Waals surface area contributed by atoms with Crippen LogP contribution in [0.15, 0.2) is 41.9 Å². The molecule has 0 radical (unpaired) electrons. The quantitative estimate of drug-likeness (QED) is 0.361. The summed E-state index contributed by atoms with van der Waals surface area (Å²) < 4.78 is 47.4. The van der Waals surface area contributed by atoms with E-state index in [1.165, 1.54) is 19.2 Å². The van der Waals surface area contributed by atoms with Crippen LogP contribution in [0.2, 0.25) is 0 Å². The largest absolute Gasteiger partial charge is 0.497 e. The summed E-state index contributed by atoms with van der Waals surface area (Å²) in [6, 6.07) is 4.23. The highest BCUT2D eigenvalue weighted by Crippen LogP contribution is 2.34. The van der Waals surface area contributed by atoms with E-state index in [9.17, 15) is 13.2 Å². The minimum atomic E-state index is -4.46. The van der Waals surface area contributed by atoms with Crippen LogP contribution in [0.5, 0.6) is 5.75 Å². The van der Waals surface area contributed by atoms with Crippen LogP contribution in [-0.4, -0.2) is 47.7 Å². The van der Waals surface area contributed by atoms with E-state index in [1.807, 2.05) is 6.20 Å². The van der Waals surface area contributed by atoms with Crippen molar-refractivity contribution < 1.29 is 17.9 Å². The molecule has 0 aliphatic carbocycles. The Morgan fingerprint density at radius 2 is 2.13 bits per heavy atom. The van der Waals surface area contributed by atoms with Gasteiger partial charge in [0, 0.05) is 39.1 Å². The first-order valence-corrected chi connectivity index (χ1v) is 9.50. The van der Waals surface area contributed by atoms with Crippen LogP contribution in [0, 0.1) is 5.92 Å². The van der Waals surface area contributed by atoms with Crippen LogP contribution < -0.4 is 10.1 Å². The van der Waals surface area contributed by atoms with Gasteiger partial charge in [-0.15, -0.1) is 24.0 Å². The maximum atomic E-state index is 13.4. The number of nitrogens with one attached hydrogen (secondary N) is 1. The van der Waals surface area contributed by atoms with Crippen LogP contribution >= 0.6 is 24.0 Å². The van der Waals surface area contributed by atoms with Gasteiger partial charge in [0.25, 0.3) is 0 Å². The summed E-state index contributed by atoms with van der Waals surface area (Å²) in [6.45, 7) is 3.73. The minimum absolute atomic E-state index is 0. The highest BCUT2D eigenvalue weighted by Gasteiger charge is 2.34. The summed E-state index contributed by atoms with van der Waals surface area (Å²) >= 11 is 0. The van der Waals surface area contributed by atoms with E-state index in [0.29, 0.717) is 18.4 Å². The van der Waals surface area contributed by atoms with E-state index in [2.05, 4.69) is 31.7 Å². The topological polar surface area (TPSA) is 54.7 Å². The summed E-state index contributed by atoms with van der Waals surface area (Å²) in [4.78, 5) is 10.5. The second-order valence-corrected chi connectivity index (χ2v) is 7.21. The number of rotatable bonds is 4. The maximum Gasteiger partial charge on any atom is 0.416 e. The summed E-state index contributed by atoms with van der Waals surface area (Å²) in [7, 11) is 2.99. The van der Waals surface area contributed by atoms with Crippen molar-refractivity contribution in [3.05, 3.63) is 48.0 Å². The average molecular weight is 537 g/mol. The smallest absolute Gasteiger partial charge is 0.416 e. The van der Waals surface area contributed by atoms with Gasteiger partial charge in [0.2, 0.25) is 0 Å². The number of hydrogen-bond donors (Lipinski definition) is 1. The monoisotopic (exact) mass is 537 g/mol. The molecular formula is C20H27F3IN5O. The molecule has 2 aromatic rings. The summed E-state index contributed by atoms with van der Waals surface area (Å²) in [5, 5.41) is 3.10. The highest BCUT2D eigenvalue weighted by molar-refractivity contribution is 14.0. The van der Waals surface area contributed by atoms with Crippen LogP contribution in [0.1, 0.15) is 30.5 Å². The number of piperidine rings is 1. The Bertz CT molecular complexity index is 841. The van der Waals surface area contributed by atoms with Crippen molar-refractivity contribution in [2.75, 3.05) is 27.2 Å². The molecule has 0 spiro atoms. The second kappa shape index (κ2) is 10.4. The van der Waals surface area contributed by atoms with Gasteiger partial charge >= 0.3 is 6.18 Å². The predicted molar refractivity (Wildman–Crippen MR) is 120 cm³/mol. The maximum absolute atomic E-state index is 13.4. The normalized spacial score (nSPS) is 19.9. The van der Waals surface area contributed by atoms with Crippen molar-refractivity contribution in [2.45, 2.75) is 32.1 Å². The number of aromatic nitrogens is 2. The molecule has 1 aromatic carbocycles. The number of ether oxygens (including phenoxy) is 1. The van der Waals surface area contributed by atoms with E-state index < -0.39 is 11.7 Å². The average Bonchev–Trinajstić information content (AvgIpc) is 3.23. The fourth-order valence-corrected chi connectivity index (χ4v) is 3.70. The molecule has 2 unspecified atom stereocenters. The van der Waals surface area contributed by atoms with Gasteiger partial charge in [-0.2, -0.15) is 13.2 Å². The molecule has 1 aliphatic rings. The number of hydrogen-bond acceptors (Lipinski definition) is 3. The Labute approximate surface area is 191 Å². The van der Waals surface area contributed by atoms with E-state index in [4.69, 9.17) is 4.74 Å². The van der Waals surface area contributed by atoms with Gasteiger partial charge in [0.1, 0.15) is 5.75 Å². The number of aliphatic imine (C=N–C) groups is 1. The molecule has 0 bridgehead atoms. The van der Waals surface area contributed by atoms with Crippen LogP contribution in [-0.2, 0) is 12.7 Å². The molecule has 6 nitrogen and oxygen atoms in total. The Hall–Kier alpha value is -1.98. The van der Waals surface area contributed by atoms with E-state index in [1.54, 1.807) is 19.6 Å². The van der Waals surface area contributed by atoms with Gasteiger partial charge < -0.3 is 19.5 Å². The molecule has 1 aliphatic heterocycles. The Morgan fingerprint density at radius 1 is 1.37 bits per heavy atom. The SMILES string of the molecule is CN=C(NCc1ccc(OC)cc1C(F)(F)F)N1CCC(C)C(n2ccnc2)C1.I. The Morgan fingerprint density at radius 3 is 2.73 bits per heavy atom. The highest BCUT2D eigenvalue weighted by atomic mass is 127. The van der Waals surface area contributed by atoms with E-state index in [0.717, 1.165) is 19.0 Å². The fourth-order valence-electron chi connectivity index (χ4n) is 3.70. The van der Waals surface area contributed by atoms with E-state index >= 15 is 0 Å². The van der Waals surface area contributed by atoms with Gasteiger partial charge in [-0.25, -0.2) is 4.98 Å². The summed E-state index contributed by atoms with van der Waals surface area (Å²) in [6.07, 6.45) is 1.99. The van der Waals surface area contributed by atoms with Gasteiger partial charge in [-0.3, -0.25) is 4.99 Å². The summed E-state index contributed by atoms with van der Waals surface area (Å²) in [5.74, 6) is 1.24. The molecule has 2 heterocycles. The zero-order valence-corrected chi connectivity index (χ0v) is 19.5. The third kappa shape index (κ3) is 5.58. The van der Waals surface area contributed by atoms with Crippen LogP contribution in [0.25, 0.3) is 0 Å². The van der Waals surface area contributed by atoms with Gasteiger partial charge in [-0.1, -0.05) is 13.0 Å². The number of alkyl halides is 3. The van der Waals surface area contributed by atoms with Gasteiger partial charge in [0.05, 0.1) is 25.0 Å². The molecule has 1 N–H and O–H groups in total. The first-order chi connectivity index (χ1) is 13.8. The lowest BCUT2D eigenvalue weighted by Crippen LogP contribution is -2.48. The van der Waals surface area contributed by atoms with Crippen molar-refractivity contribution in [2.24, 2.45) is 10.9 Å². The lowest BCUT2D eigenvalue weighted by atomic mass is 9.93. The van der Waals surface area contributed by atoms with Crippen LogP contribution in [0.3, 0.4) is 0 Å². The number of methoxy groups -OCH3 is 1. The predicted octanol–water partition coefficient (Wildman–Crippen LogP) is 4.19. The third-order valence-electron chi connectivity index (χ3n) is 5.40. The Balaban J connectivity index is 0.00000320. The number of halogens is 4. The van der Waals surface area contributed by atoms with Crippen molar-refractivity contribution in [3.63, 3.8) is 0 Å². The minimum Gasteiger partial charge on any atom is -0.497 e. The first-order valence-electron chi connectivity index (χ1n) is 9.50. The molecule has 0 amide bonds. The third-order valence-corrected chi connectivity index (χ3v) is 5.40. The molecule has 30 heavy (non-hydrogen) atoms. The molecule has 2 atom stereocenters. The molecule has 1 saturated heterocycles. The van der Waals surface area contributed by atoms with Crippen molar-refractivity contribution in [1.29, 1.82) is 0 Å². The second-order valence-electron chi connectivity index (χ2n) is 7.21. The number of benzene rings is 1. The molecule has 166 valence electrons. The Kier molecular flexibility index (Phi) is 8.39. The fraction of sp³-hybridized carbons (Fsp3) is 0.500. The molecular weight excluding hydrogens is 510 g/mol. The molecule has 3 rings (SSSR count). The van der Waals surface area contributed by atoms with Gasteiger partial charge in [-0.05, 0) is 30.0 Å².